The number of esters is 1. The lowest BCUT2D eigenvalue weighted by Crippen LogP contribution is -2.62. The average molecular weight is 620 g/mol. The van der Waals surface area contributed by atoms with Gasteiger partial charge in [0.05, 0.1) is 49.9 Å². The molecule has 0 aromatic carbocycles. The highest BCUT2D eigenvalue weighted by Gasteiger charge is 2.65. The Labute approximate surface area is 266 Å². The van der Waals surface area contributed by atoms with Crippen LogP contribution in [0.3, 0.4) is 0 Å². The second-order valence-corrected chi connectivity index (χ2v) is 17.4. The maximum absolute atomic E-state index is 13.0. The Morgan fingerprint density at radius 1 is 1.00 bits per heavy atom. The maximum atomic E-state index is 13.0. The fourth-order valence-corrected chi connectivity index (χ4v) is 11.0. The van der Waals surface area contributed by atoms with Crippen molar-refractivity contribution in [1.82, 2.24) is 5.32 Å². The first-order valence-electron chi connectivity index (χ1n) is 17.9. The van der Waals surface area contributed by atoms with Gasteiger partial charge in [-0.05, 0) is 118 Å². The zero-order chi connectivity index (χ0) is 32.1. The number of carbonyl (C=O) groups excluding carboxylic acids is 2. The summed E-state index contributed by atoms with van der Waals surface area (Å²) in [6.07, 6.45) is 8.68. The molecule has 1 saturated heterocycles. The van der Waals surface area contributed by atoms with Crippen molar-refractivity contribution < 1.29 is 34.1 Å². The van der Waals surface area contributed by atoms with E-state index in [1.807, 2.05) is 20.8 Å². The molecule has 1 amide bonds. The molecule has 0 aromatic rings. The molecule has 252 valence electrons. The lowest BCUT2D eigenvalue weighted by atomic mass is 9.43. The van der Waals surface area contributed by atoms with Crippen LogP contribution in [-0.4, -0.2) is 82.9 Å². The van der Waals surface area contributed by atoms with Gasteiger partial charge in [-0.3, -0.25) is 14.1 Å². The summed E-state index contributed by atoms with van der Waals surface area (Å²) in [6.45, 7) is 16.2. The molecule has 5 rings (SSSR count). The molecule has 5 aliphatic rings. The Morgan fingerprint density at radius 2 is 1.70 bits per heavy atom. The van der Waals surface area contributed by atoms with E-state index in [2.05, 4.69) is 26.1 Å². The number of nitrogens with zero attached hydrogens (tertiary/aromatic N) is 1. The normalized spacial score (nSPS) is 42.1. The Hall–Kier alpha value is -1.22. The molecule has 8 nitrogen and oxygen atoms in total. The fraction of sp³-hybridized carbons (Fsp3) is 0.944. The maximum Gasteiger partial charge on any atom is 0.315 e. The summed E-state index contributed by atoms with van der Waals surface area (Å²) in [5.74, 6) is 1.68. The van der Waals surface area contributed by atoms with Crippen molar-refractivity contribution in [1.29, 1.82) is 0 Å². The number of quaternary nitrogens is 1. The molecule has 0 unspecified atom stereocenters. The number of rotatable bonds is 9. The van der Waals surface area contributed by atoms with Gasteiger partial charge in [0.25, 0.3) is 0 Å². The van der Waals surface area contributed by atoms with Crippen LogP contribution in [0.25, 0.3) is 0 Å². The summed E-state index contributed by atoms with van der Waals surface area (Å²) in [4.78, 5) is 25.3. The van der Waals surface area contributed by atoms with E-state index >= 15 is 0 Å². The number of aliphatic hydroxyl groups excluding tert-OH is 3. The van der Waals surface area contributed by atoms with Crippen molar-refractivity contribution >= 4 is 11.9 Å². The SMILES string of the molecule is C[C@H](CCC(=O)NCC[N+]1(COC(=O)C(C)(C)C)CCCC1)[C@H]1CC[C@H]2[C@@H]3[C@H](O)C[C@@H]4C[C@H](O)CC[C@]4(C)[C@H]3C[C@H](O)[C@]12C. The lowest BCUT2D eigenvalue weighted by molar-refractivity contribution is -0.931. The number of carbonyl (C=O) groups is 2. The minimum Gasteiger partial charge on any atom is -0.415 e. The molecule has 4 N–H and O–H groups in total. The van der Waals surface area contributed by atoms with Crippen LogP contribution < -0.4 is 5.32 Å². The Morgan fingerprint density at radius 3 is 2.39 bits per heavy atom. The molecular weight excluding hydrogens is 556 g/mol. The van der Waals surface area contributed by atoms with Crippen molar-refractivity contribution in [2.75, 3.05) is 32.9 Å². The monoisotopic (exact) mass is 619 g/mol. The van der Waals surface area contributed by atoms with Gasteiger partial charge in [0.2, 0.25) is 12.6 Å². The topological polar surface area (TPSA) is 116 Å². The molecule has 0 bridgehead atoms. The van der Waals surface area contributed by atoms with Crippen molar-refractivity contribution in [2.24, 2.45) is 51.8 Å². The summed E-state index contributed by atoms with van der Waals surface area (Å²) in [5.41, 5.74) is -0.679. The molecule has 4 aliphatic carbocycles. The van der Waals surface area contributed by atoms with Gasteiger partial charge < -0.3 is 25.4 Å². The number of aliphatic hydroxyl groups is 3. The minimum atomic E-state index is -0.516. The molecule has 11 atom stereocenters. The van der Waals surface area contributed by atoms with Crippen molar-refractivity contribution in [3.05, 3.63) is 0 Å². The third kappa shape index (κ3) is 6.35. The number of amides is 1. The van der Waals surface area contributed by atoms with E-state index in [-0.39, 0.29) is 40.8 Å². The summed E-state index contributed by atoms with van der Waals surface area (Å²) < 4.78 is 6.43. The number of hydrogen-bond donors (Lipinski definition) is 4. The predicted molar refractivity (Wildman–Crippen MR) is 170 cm³/mol. The van der Waals surface area contributed by atoms with E-state index in [1.54, 1.807) is 0 Å². The van der Waals surface area contributed by atoms with Crippen LogP contribution in [0.5, 0.6) is 0 Å². The van der Waals surface area contributed by atoms with Crippen LogP contribution >= 0.6 is 0 Å². The van der Waals surface area contributed by atoms with Crippen molar-refractivity contribution in [3.63, 3.8) is 0 Å². The van der Waals surface area contributed by atoms with E-state index < -0.39 is 11.5 Å². The van der Waals surface area contributed by atoms with Gasteiger partial charge >= 0.3 is 5.97 Å². The van der Waals surface area contributed by atoms with Crippen LogP contribution in [0, 0.1) is 51.8 Å². The second kappa shape index (κ2) is 12.8. The zero-order valence-electron chi connectivity index (χ0n) is 28.5. The Bertz CT molecular complexity index is 1040. The Balaban J connectivity index is 1.14. The molecule has 8 heteroatoms. The first kappa shape index (κ1) is 34.1. The third-order valence-corrected chi connectivity index (χ3v) is 13.9. The van der Waals surface area contributed by atoms with E-state index in [4.69, 9.17) is 4.74 Å². The van der Waals surface area contributed by atoms with E-state index in [9.17, 15) is 24.9 Å². The highest BCUT2D eigenvalue weighted by molar-refractivity contribution is 5.76. The molecule has 1 aliphatic heterocycles. The summed E-state index contributed by atoms with van der Waals surface area (Å²) in [7, 11) is 0. The zero-order valence-corrected chi connectivity index (χ0v) is 28.5. The first-order chi connectivity index (χ1) is 20.6. The van der Waals surface area contributed by atoms with Gasteiger partial charge in [-0.25, -0.2) is 0 Å². The van der Waals surface area contributed by atoms with Crippen molar-refractivity contribution in [3.8, 4) is 0 Å². The van der Waals surface area contributed by atoms with E-state index in [0.29, 0.717) is 49.3 Å². The smallest absolute Gasteiger partial charge is 0.315 e. The minimum absolute atomic E-state index is 0.0750. The average Bonchev–Trinajstić information content (AvgIpc) is 3.57. The standard InChI is InChI=1S/C36H62N2O6/c1-23(9-12-31(42)37-15-18-38(16-7-8-17-38)22-44-33(43)34(2,3)4)26-10-11-27-32-28(21-30(41)36(26,27)6)35(5)14-13-25(39)19-24(35)20-29(32)40/h23-30,32,39-41H,7-22H2,1-6H3/p+1/t23-,24+,25-,26-,27+,28+,29-,30+,32+,35+,36-/m1/s1. The molecule has 0 radical (unpaired) electrons. The highest BCUT2D eigenvalue weighted by atomic mass is 16.5. The summed E-state index contributed by atoms with van der Waals surface area (Å²) in [6, 6.07) is 0. The summed E-state index contributed by atoms with van der Waals surface area (Å²) in [5, 5.41) is 36.9. The Kier molecular flexibility index (Phi) is 9.90. The van der Waals surface area contributed by atoms with Gasteiger partial charge in [-0.2, -0.15) is 0 Å². The number of ether oxygens (including phenoxy) is 1. The van der Waals surface area contributed by atoms with Crippen LogP contribution in [0.1, 0.15) is 112 Å². The lowest BCUT2D eigenvalue weighted by Gasteiger charge is -2.63. The van der Waals surface area contributed by atoms with Crippen LogP contribution in [0.15, 0.2) is 0 Å². The summed E-state index contributed by atoms with van der Waals surface area (Å²) >= 11 is 0. The van der Waals surface area contributed by atoms with Gasteiger partial charge in [-0.15, -0.1) is 0 Å². The van der Waals surface area contributed by atoms with Gasteiger partial charge in [-0.1, -0.05) is 20.8 Å². The molecule has 5 fully saturated rings. The number of fused-ring (bicyclic) bond motifs is 5. The number of likely N-dealkylation sites (tertiary alicyclic amines) is 1. The number of hydrogen-bond acceptors (Lipinski definition) is 6. The quantitative estimate of drug-likeness (QED) is 0.221. The molecule has 0 aromatic heterocycles. The van der Waals surface area contributed by atoms with Crippen LogP contribution in [-0.2, 0) is 14.3 Å². The van der Waals surface area contributed by atoms with Crippen LogP contribution in [0.4, 0.5) is 0 Å². The van der Waals surface area contributed by atoms with Gasteiger partial charge in [0.1, 0.15) is 0 Å². The second-order valence-electron chi connectivity index (χ2n) is 17.4. The fourth-order valence-electron chi connectivity index (χ4n) is 11.0. The molecule has 44 heavy (non-hydrogen) atoms. The highest BCUT2D eigenvalue weighted by Crippen LogP contribution is 2.68. The van der Waals surface area contributed by atoms with Gasteiger partial charge in [0, 0.05) is 19.3 Å². The van der Waals surface area contributed by atoms with Gasteiger partial charge in [0.15, 0.2) is 0 Å². The first-order valence-corrected chi connectivity index (χ1v) is 17.9. The molecule has 1 heterocycles. The predicted octanol–water partition coefficient (Wildman–Crippen LogP) is 4.64. The molecular formula is C36H63N2O6+. The van der Waals surface area contributed by atoms with Crippen LogP contribution in [0.2, 0.25) is 0 Å². The van der Waals surface area contributed by atoms with E-state index in [0.717, 1.165) is 88.3 Å². The largest absolute Gasteiger partial charge is 0.415 e. The third-order valence-electron chi connectivity index (χ3n) is 13.9. The molecule has 4 saturated carbocycles. The van der Waals surface area contributed by atoms with Crippen molar-refractivity contribution in [2.45, 2.75) is 130 Å². The number of nitrogens with one attached hydrogen (secondary N) is 1. The van der Waals surface area contributed by atoms with E-state index in [1.165, 1.54) is 0 Å². The molecule has 0 spiro atoms.